The van der Waals surface area contributed by atoms with Crippen molar-refractivity contribution in [3.8, 4) is 11.4 Å². The molecule has 1 amide bonds. The summed E-state index contributed by atoms with van der Waals surface area (Å²) in [6.07, 6.45) is 6.28. The molecule has 2 N–H and O–H groups in total. The van der Waals surface area contributed by atoms with Crippen molar-refractivity contribution in [1.29, 1.82) is 0 Å². The number of Topliss-reactive ketones (excluding diaryl/α,β-unsaturated/α-hetero) is 1. The van der Waals surface area contributed by atoms with Crippen LogP contribution < -0.4 is 10.1 Å². The second-order valence-corrected chi connectivity index (χ2v) is 11.9. The predicted molar refractivity (Wildman–Crippen MR) is 171 cm³/mol. The number of hydrogen-bond donors (Lipinski definition) is 2. The number of nitrogens with zero attached hydrogens (tertiary/aromatic N) is 5. The number of amides is 1. The number of carboxylic acid groups (broad SMARTS) is 1. The van der Waals surface area contributed by atoms with Crippen LogP contribution in [0.25, 0.3) is 11.8 Å². The summed E-state index contributed by atoms with van der Waals surface area (Å²) in [6, 6.07) is 13.6. The number of aromatic carboxylic acids is 1. The van der Waals surface area contributed by atoms with E-state index in [9.17, 15) is 19.5 Å². The van der Waals surface area contributed by atoms with Crippen molar-refractivity contribution in [2.75, 3.05) is 26.2 Å². The van der Waals surface area contributed by atoms with Crippen LogP contribution in [0.3, 0.4) is 0 Å². The Balaban J connectivity index is 1.31. The van der Waals surface area contributed by atoms with E-state index < -0.39 is 23.7 Å². The van der Waals surface area contributed by atoms with Gasteiger partial charge in [-0.05, 0) is 96.2 Å². The molecular weight excluding hydrogens is 627 g/mol. The standard InChI is InChI=1S/C34H32ClFN6O5/c35-27-9-10-28(42-20-38-39-40-42)26(32(27)36)8-11-31(44)41-17-14-24-25(2-1-3-30(24)47-19-22-12-15-37-16-13-22)33(41)29(43)18-21-4-6-23(7-5-21)34(45)46/h1-11,20,22,33,37H,12-19H2,(H,45,46)/b11-8+. The molecule has 3 aromatic carbocycles. The van der Waals surface area contributed by atoms with Crippen LogP contribution >= 0.6 is 11.6 Å². The van der Waals surface area contributed by atoms with E-state index in [0.29, 0.717) is 35.8 Å². The average molecular weight is 659 g/mol. The van der Waals surface area contributed by atoms with E-state index >= 15 is 4.39 Å². The number of carbonyl (C=O) groups excluding carboxylic acids is 2. The molecule has 11 nitrogen and oxygen atoms in total. The zero-order valence-corrected chi connectivity index (χ0v) is 26.1. The van der Waals surface area contributed by atoms with Crippen LogP contribution in [0.5, 0.6) is 5.75 Å². The quantitative estimate of drug-likeness (QED) is 0.236. The molecule has 1 fully saturated rings. The summed E-state index contributed by atoms with van der Waals surface area (Å²) in [5, 5.41) is 23.5. The number of piperidine rings is 1. The Labute approximate surface area is 275 Å². The summed E-state index contributed by atoms with van der Waals surface area (Å²) < 4.78 is 22.8. The van der Waals surface area contributed by atoms with Gasteiger partial charge in [-0.2, -0.15) is 4.68 Å². The summed E-state index contributed by atoms with van der Waals surface area (Å²) in [5.74, 6) is -1.45. The lowest BCUT2D eigenvalue weighted by molar-refractivity contribution is -0.136. The Morgan fingerprint density at radius 3 is 2.60 bits per heavy atom. The Morgan fingerprint density at radius 1 is 1.09 bits per heavy atom. The van der Waals surface area contributed by atoms with Crippen LogP contribution in [-0.2, 0) is 22.4 Å². The van der Waals surface area contributed by atoms with Crippen LogP contribution in [0.4, 0.5) is 4.39 Å². The number of ketones is 1. The molecule has 3 heterocycles. The normalized spacial score (nSPS) is 16.6. The maximum atomic E-state index is 15.2. The van der Waals surface area contributed by atoms with Gasteiger partial charge in [0.05, 0.1) is 22.9 Å². The molecule has 0 radical (unpaired) electrons. The largest absolute Gasteiger partial charge is 0.493 e. The number of ether oxygens (including phenoxy) is 1. The number of tetrazole rings is 1. The summed E-state index contributed by atoms with van der Waals surface area (Å²) in [4.78, 5) is 40.8. The number of rotatable bonds is 10. The van der Waals surface area contributed by atoms with Crippen molar-refractivity contribution in [2.24, 2.45) is 5.92 Å². The summed E-state index contributed by atoms with van der Waals surface area (Å²) >= 11 is 6.07. The van der Waals surface area contributed by atoms with Gasteiger partial charge in [-0.3, -0.25) is 9.59 Å². The minimum atomic E-state index is -1.07. The number of carboxylic acids is 1. The fourth-order valence-corrected chi connectivity index (χ4v) is 6.28. The van der Waals surface area contributed by atoms with Gasteiger partial charge in [0.25, 0.3) is 0 Å². The fraction of sp³-hybridized carbons (Fsp3) is 0.294. The fourth-order valence-electron chi connectivity index (χ4n) is 6.11. The highest BCUT2D eigenvalue weighted by Crippen LogP contribution is 2.37. The molecule has 1 unspecified atom stereocenters. The van der Waals surface area contributed by atoms with E-state index in [4.69, 9.17) is 16.3 Å². The summed E-state index contributed by atoms with van der Waals surface area (Å²) in [5.41, 5.74) is 2.53. The maximum Gasteiger partial charge on any atom is 0.335 e. The third-order valence-corrected chi connectivity index (χ3v) is 8.87. The SMILES string of the molecule is O=C(O)c1ccc(CC(=O)C2c3cccc(OCC4CCNCC4)c3CCN2C(=O)/C=C/c2c(-n3cnnn3)ccc(Cl)c2F)cc1. The van der Waals surface area contributed by atoms with E-state index in [2.05, 4.69) is 20.8 Å². The van der Waals surface area contributed by atoms with Gasteiger partial charge in [0, 0.05) is 30.2 Å². The van der Waals surface area contributed by atoms with Crippen LogP contribution in [0.15, 0.2) is 67.0 Å². The zero-order chi connectivity index (χ0) is 32.9. The Hall–Kier alpha value is -4.94. The van der Waals surface area contributed by atoms with Gasteiger partial charge in [-0.15, -0.1) is 5.10 Å². The average Bonchev–Trinajstić information content (AvgIpc) is 3.63. The number of fused-ring (bicyclic) bond motifs is 1. The van der Waals surface area contributed by atoms with Gasteiger partial charge in [0.2, 0.25) is 5.91 Å². The molecule has 13 heteroatoms. The molecule has 6 rings (SSSR count). The summed E-state index contributed by atoms with van der Waals surface area (Å²) in [6.45, 7) is 2.68. The van der Waals surface area contributed by atoms with Gasteiger partial charge in [-0.1, -0.05) is 35.9 Å². The third-order valence-electron chi connectivity index (χ3n) is 8.58. The first-order chi connectivity index (χ1) is 22.8. The van der Waals surface area contributed by atoms with Crippen LogP contribution in [0, 0.1) is 11.7 Å². The smallest absolute Gasteiger partial charge is 0.335 e. The molecule has 2 aliphatic heterocycles. The molecule has 0 saturated carbocycles. The molecule has 0 spiro atoms. The van der Waals surface area contributed by atoms with Crippen molar-refractivity contribution in [2.45, 2.75) is 31.7 Å². The number of aromatic nitrogens is 4. The lowest BCUT2D eigenvalue weighted by atomic mass is 9.87. The molecule has 0 aliphatic carbocycles. The van der Waals surface area contributed by atoms with Gasteiger partial charge in [0.15, 0.2) is 11.6 Å². The number of nitrogens with one attached hydrogen (secondary N) is 1. The molecule has 1 saturated heterocycles. The molecule has 1 aromatic heterocycles. The highest BCUT2D eigenvalue weighted by Gasteiger charge is 2.36. The van der Waals surface area contributed by atoms with E-state index in [1.807, 2.05) is 18.2 Å². The number of hydrogen-bond acceptors (Lipinski definition) is 8. The summed E-state index contributed by atoms with van der Waals surface area (Å²) in [7, 11) is 0. The van der Waals surface area contributed by atoms with Gasteiger partial charge < -0.3 is 20.1 Å². The van der Waals surface area contributed by atoms with E-state index in [1.165, 1.54) is 52.3 Å². The zero-order valence-electron chi connectivity index (χ0n) is 25.3. The van der Waals surface area contributed by atoms with Crippen molar-refractivity contribution in [3.05, 3.63) is 106 Å². The number of benzene rings is 3. The Kier molecular flexibility index (Phi) is 9.69. The topological polar surface area (TPSA) is 140 Å². The van der Waals surface area contributed by atoms with Gasteiger partial charge in [-0.25, -0.2) is 9.18 Å². The third kappa shape index (κ3) is 7.08. The molecule has 47 heavy (non-hydrogen) atoms. The molecular formula is C34H32ClFN6O5. The van der Waals surface area contributed by atoms with Gasteiger partial charge in [0.1, 0.15) is 18.1 Å². The second-order valence-electron chi connectivity index (χ2n) is 11.5. The van der Waals surface area contributed by atoms with E-state index in [-0.39, 0.29) is 40.6 Å². The Morgan fingerprint density at radius 2 is 1.87 bits per heavy atom. The highest BCUT2D eigenvalue weighted by molar-refractivity contribution is 6.31. The maximum absolute atomic E-state index is 15.2. The minimum absolute atomic E-state index is 0.00514. The molecule has 2 aliphatic rings. The first kappa shape index (κ1) is 32.0. The van der Waals surface area contributed by atoms with Crippen molar-refractivity contribution in [1.82, 2.24) is 30.4 Å². The lowest BCUT2D eigenvalue weighted by Gasteiger charge is -2.37. The van der Waals surface area contributed by atoms with Gasteiger partial charge >= 0.3 is 5.97 Å². The van der Waals surface area contributed by atoms with Crippen LogP contribution in [0.2, 0.25) is 5.02 Å². The number of carbonyl (C=O) groups is 3. The van der Waals surface area contributed by atoms with Crippen LogP contribution in [-0.4, -0.2) is 74.1 Å². The van der Waals surface area contributed by atoms with Crippen molar-refractivity contribution < 1.29 is 28.6 Å². The van der Waals surface area contributed by atoms with E-state index in [1.54, 1.807) is 12.1 Å². The second kappa shape index (κ2) is 14.2. The molecule has 0 bridgehead atoms. The molecule has 242 valence electrons. The Bertz CT molecular complexity index is 1810. The first-order valence-electron chi connectivity index (χ1n) is 15.3. The van der Waals surface area contributed by atoms with Crippen LogP contribution in [0.1, 0.15) is 51.5 Å². The highest BCUT2D eigenvalue weighted by atomic mass is 35.5. The molecule has 4 aromatic rings. The minimum Gasteiger partial charge on any atom is -0.493 e. The molecule has 1 atom stereocenters. The van der Waals surface area contributed by atoms with Crippen molar-refractivity contribution >= 4 is 35.3 Å². The van der Waals surface area contributed by atoms with Crippen molar-refractivity contribution in [3.63, 3.8) is 0 Å². The van der Waals surface area contributed by atoms with E-state index in [0.717, 1.165) is 31.5 Å². The lowest BCUT2D eigenvalue weighted by Crippen LogP contribution is -2.43. The predicted octanol–water partition coefficient (Wildman–Crippen LogP) is 4.48. The first-order valence-corrected chi connectivity index (χ1v) is 15.7. The monoisotopic (exact) mass is 658 g/mol. The number of halogens is 2.